The third-order valence-electron chi connectivity index (χ3n) is 5.05. The van der Waals surface area contributed by atoms with Crippen LogP contribution < -0.4 is 10.1 Å². The fourth-order valence-electron chi connectivity index (χ4n) is 3.43. The highest BCUT2D eigenvalue weighted by molar-refractivity contribution is 7.97. The molecule has 0 amide bonds. The molecule has 2 N–H and O–H groups in total. The van der Waals surface area contributed by atoms with Crippen molar-refractivity contribution in [1.82, 2.24) is 15.2 Å². The molecule has 0 unspecified atom stereocenters. The molecule has 0 aromatic heterocycles. The molecule has 0 radical (unpaired) electrons. The lowest BCUT2D eigenvalue weighted by molar-refractivity contribution is 0.377. The maximum Gasteiger partial charge on any atom is 0.148 e. The zero-order valence-electron chi connectivity index (χ0n) is 17.4. The first-order chi connectivity index (χ1) is 14.6. The smallest absolute Gasteiger partial charge is 0.148 e. The zero-order valence-corrected chi connectivity index (χ0v) is 18.2. The Morgan fingerprint density at radius 3 is 2.73 bits per heavy atom. The van der Waals surface area contributed by atoms with Crippen LogP contribution in [0, 0.1) is 6.92 Å². The van der Waals surface area contributed by atoms with Crippen LogP contribution in [0.1, 0.15) is 24.5 Å². The van der Waals surface area contributed by atoms with Crippen LogP contribution >= 0.6 is 11.9 Å². The van der Waals surface area contributed by atoms with E-state index >= 15 is 0 Å². The van der Waals surface area contributed by atoms with Crippen LogP contribution in [0.4, 0.5) is 0 Å². The van der Waals surface area contributed by atoms with Crippen LogP contribution in [0.15, 0.2) is 112 Å². The van der Waals surface area contributed by atoms with Crippen molar-refractivity contribution in [3.8, 4) is 0 Å². The van der Waals surface area contributed by atoms with Gasteiger partial charge in [0, 0.05) is 22.6 Å². The number of hydrogen-bond donors (Lipinski definition) is 2. The van der Waals surface area contributed by atoms with Gasteiger partial charge in [0.25, 0.3) is 0 Å². The normalized spacial score (nSPS) is 16.2. The fraction of sp³-hybridized carbons (Fsp3) is 0.160. The van der Waals surface area contributed by atoms with Gasteiger partial charge in [0.2, 0.25) is 0 Å². The zero-order chi connectivity index (χ0) is 20.9. The molecule has 2 aliphatic rings. The van der Waals surface area contributed by atoms with Crippen LogP contribution in [0.25, 0.3) is 0 Å². The number of nitrogens with one attached hydrogen (secondary N) is 2. The molecule has 0 spiro atoms. The number of allylic oxidation sites excluding steroid dienone is 5. The quantitative estimate of drug-likeness (QED) is 0.600. The molecule has 0 saturated carbocycles. The molecular formula is C25H26N4S. The first kappa shape index (κ1) is 20.1. The van der Waals surface area contributed by atoms with E-state index < -0.39 is 0 Å². The summed E-state index contributed by atoms with van der Waals surface area (Å²) in [6.45, 7) is 8.52. The van der Waals surface area contributed by atoms with E-state index in [1.54, 1.807) is 11.9 Å². The minimum absolute atomic E-state index is 0.796. The van der Waals surface area contributed by atoms with E-state index in [-0.39, 0.29) is 0 Å². The molecule has 0 aliphatic carbocycles. The number of nitrogens with zero attached hydrogens (tertiary/aromatic N) is 2. The van der Waals surface area contributed by atoms with E-state index in [9.17, 15) is 0 Å². The van der Waals surface area contributed by atoms with Crippen molar-refractivity contribution in [3.05, 3.63) is 113 Å². The van der Waals surface area contributed by atoms with Crippen LogP contribution in [0.5, 0.6) is 0 Å². The van der Waals surface area contributed by atoms with Gasteiger partial charge in [-0.25, -0.2) is 10.0 Å². The summed E-state index contributed by atoms with van der Waals surface area (Å²) in [6.07, 6.45) is 7.78. The SMILES string of the molecule is C=C1C(Cc2ccccc2)=C(C)NN1C1=CCC=C(NSc2cccc(C)c2)C=N1. The van der Waals surface area contributed by atoms with Crippen molar-refractivity contribution in [2.24, 2.45) is 4.99 Å². The number of aliphatic imine (C=N–C) groups is 1. The highest BCUT2D eigenvalue weighted by Gasteiger charge is 2.25. The molecule has 0 bridgehead atoms. The van der Waals surface area contributed by atoms with Gasteiger partial charge in [-0.1, -0.05) is 55.1 Å². The topological polar surface area (TPSA) is 39.7 Å². The molecule has 30 heavy (non-hydrogen) atoms. The molecule has 2 aromatic carbocycles. The summed E-state index contributed by atoms with van der Waals surface area (Å²) in [5.74, 6) is 0.857. The molecule has 2 aromatic rings. The summed E-state index contributed by atoms with van der Waals surface area (Å²) >= 11 is 1.60. The molecular weight excluding hydrogens is 388 g/mol. The lowest BCUT2D eigenvalue weighted by Crippen LogP contribution is -2.28. The number of rotatable bonds is 6. The van der Waals surface area contributed by atoms with Crippen molar-refractivity contribution in [3.63, 3.8) is 0 Å². The first-order valence-electron chi connectivity index (χ1n) is 10.0. The van der Waals surface area contributed by atoms with E-state index in [4.69, 9.17) is 4.99 Å². The second-order valence-electron chi connectivity index (χ2n) is 7.40. The van der Waals surface area contributed by atoms with E-state index in [0.717, 1.165) is 35.8 Å². The summed E-state index contributed by atoms with van der Waals surface area (Å²) in [5, 5.41) is 1.98. The average molecular weight is 415 g/mol. The maximum atomic E-state index is 4.71. The van der Waals surface area contributed by atoms with Crippen LogP contribution in [0.3, 0.4) is 0 Å². The molecule has 5 heteroatoms. The Kier molecular flexibility index (Phi) is 6.10. The summed E-state index contributed by atoms with van der Waals surface area (Å²) in [5.41, 5.74) is 10.2. The summed E-state index contributed by atoms with van der Waals surface area (Å²) in [4.78, 5) is 5.89. The standard InChI is InChI=1S/C25H26N4S/c1-18-9-7-13-23(15-18)30-28-22-12-8-14-25(26-17-22)29-20(3)24(19(2)27-29)16-21-10-5-4-6-11-21/h4-7,9-15,17,27-28H,3,8,16H2,1-2H3. The molecule has 0 atom stereocenters. The summed E-state index contributed by atoms with van der Waals surface area (Å²) in [7, 11) is 0. The van der Waals surface area contributed by atoms with Crippen LogP contribution in [0.2, 0.25) is 0 Å². The van der Waals surface area contributed by atoms with Gasteiger partial charge >= 0.3 is 0 Å². The molecule has 0 saturated heterocycles. The third-order valence-corrected chi connectivity index (χ3v) is 5.88. The lowest BCUT2D eigenvalue weighted by atomic mass is 10.0. The second kappa shape index (κ2) is 9.09. The lowest BCUT2D eigenvalue weighted by Gasteiger charge is -2.21. The molecule has 2 aliphatic heterocycles. The monoisotopic (exact) mass is 414 g/mol. The Bertz CT molecular complexity index is 1060. The minimum atomic E-state index is 0.796. The van der Waals surface area contributed by atoms with Crippen molar-refractivity contribution >= 4 is 18.2 Å². The van der Waals surface area contributed by atoms with Gasteiger partial charge < -0.3 is 4.72 Å². The highest BCUT2D eigenvalue weighted by Crippen LogP contribution is 2.30. The number of aryl methyl sites for hydroxylation is 1. The third kappa shape index (κ3) is 4.69. The summed E-state index contributed by atoms with van der Waals surface area (Å²) in [6, 6.07) is 18.9. The van der Waals surface area contributed by atoms with E-state index in [1.165, 1.54) is 21.6 Å². The molecule has 4 nitrogen and oxygen atoms in total. The fourth-order valence-corrected chi connectivity index (χ4v) is 4.19. The molecule has 152 valence electrons. The van der Waals surface area contributed by atoms with Crippen LogP contribution in [-0.2, 0) is 6.42 Å². The van der Waals surface area contributed by atoms with E-state index in [0.29, 0.717) is 0 Å². The second-order valence-corrected chi connectivity index (χ2v) is 8.28. The van der Waals surface area contributed by atoms with Gasteiger partial charge in [-0.05, 0) is 61.6 Å². The Labute approximate surface area is 182 Å². The van der Waals surface area contributed by atoms with Gasteiger partial charge in [-0.15, -0.1) is 0 Å². The number of benzene rings is 2. The largest absolute Gasteiger partial charge is 0.325 e. The molecule has 4 rings (SSSR count). The Hall–Kier alpha value is -3.18. The predicted molar refractivity (Wildman–Crippen MR) is 126 cm³/mol. The van der Waals surface area contributed by atoms with Crippen molar-refractivity contribution in [2.45, 2.75) is 31.6 Å². The summed E-state index contributed by atoms with van der Waals surface area (Å²) < 4.78 is 3.40. The van der Waals surface area contributed by atoms with Gasteiger partial charge in [0.05, 0.1) is 17.6 Å². The number of hydrogen-bond acceptors (Lipinski definition) is 5. The van der Waals surface area contributed by atoms with Gasteiger partial charge in [0.1, 0.15) is 5.82 Å². The maximum absolute atomic E-state index is 4.71. The highest BCUT2D eigenvalue weighted by atomic mass is 32.2. The van der Waals surface area contributed by atoms with E-state index in [2.05, 4.69) is 91.3 Å². The number of hydrazine groups is 1. The Morgan fingerprint density at radius 1 is 1.10 bits per heavy atom. The minimum Gasteiger partial charge on any atom is -0.325 e. The van der Waals surface area contributed by atoms with Gasteiger partial charge in [-0.3, -0.25) is 5.43 Å². The van der Waals surface area contributed by atoms with Crippen molar-refractivity contribution < 1.29 is 0 Å². The Morgan fingerprint density at radius 2 is 1.93 bits per heavy atom. The van der Waals surface area contributed by atoms with Gasteiger partial charge in [-0.2, -0.15) is 0 Å². The Balaban J connectivity index is 1.39. The van der Waals surface area contributed by atoms with Gasteiger partial charge in [0.15, 0.2) is 0 Å². The molecule has 2 heterocycles. The predicted octanol–water partition coefficient (Wildman–Crippen LogP) is 5.64. The van der Waals surface area contributed by atoms with Crippen molar-refractivity contribution in [1.29, 1.82) is 0 Å². The van der Waals surface area contributed by atoms with Crippen molar-refractivity contribution in [2.75, 3.05) is 0 Å². The molecule has 0 fully saturated rings. The van der Waals surface area contributed by atoms with E-state index in [1.807, 2.05) is 17.3 Å². The van der Waals surface area contributed by atoms with Crippen LogP contribution in [-0.4, -0.2) is 11.2 Å². The average Bonchev–Trinajstić information content (AvgIpc) is 2.92. The first-order valence-corrected chi connectivity index (χ1v) is 10.9.